The molecule has 168 valence electrons. The number of halogens is 3. The Morgan fingerprint density at radius 3 is 2.45 bits per heavy atom. The molecular formula is C22H26F3N3O3. The summed E-state index contributed by atoms with van der Waals surface area (Å²) < 4.78 is 46.7. The second-order valence-electron chi connectivity index (χ2n) is 8.74. The first-order valence-corrected chi connectivity index (χ1v) is 10.3. The third-order valence-electron chi connectivity index (χ3n) is 5.17. The van der Waals surface area contributed by atoms with E-state index < -0.39 is 40.9 Å². The zero-order valence-electron chi connectivity index (χ0n) is 17.9. The number of hydrogen-bond donors (Lipinski definition) is 1. The Morgan fingerprint density at radius 2 is 1.84 bits per heavy atom. The molecule has 2 atom stereocenters. The molecule has 2 aromatic rings. The molecule has 0 saturated carbocycles. The van der Waals surface area contributed by atoms with Crippen LogP contribution >= 0.6 is 0 Å². The largest absolute Gasteiger partial charge is 0.352 e. The Kier molecular flexibility index (Phi) is 6.71. The minimum atomic E-state index is -1.18. The molecule has 2 amide bonds. The van der Waals surface area contributed by atoms with Crippen LogP contribution in [0.3, 0.4) is 0 Å². The first kappa shape index (κ1) is 22.8. The van der Waals surface area contributed by atoms with Crippen LogP contribution < -0.4 is 5.32 Å². The third kappa shape index (κ3) is 4.91. The predicted molar refractivity (Wildman–Crippen MR) is 107 cm³/mol. The molecule has 2 heterocycles. The highest BCUT2D eigenvalue weighted by molar-refractivity contribution is 5.97. The van der Waals surface area contributed by atoms with Gasteiger partial charge >= 0.3 is 0 Å². The zero-order chi connectivity index (χ0) is 22.9. The molecule has 9 heteroatoms. The molecule has 1 aromatic heterocycles. The quantitative estimate of drug-likeness (QED) is 0.736. The lowest BCUT2D eigenvalue weighted by atomic mass is 9.94. The molecular weight excluding hydrogens is 411 g/mol. The van der Waals surface area contributed by atoms with Crippen LogP contribution in [0.4, 0.5) is 13.2 Å². The summed E-state index contributed by atoms with van der Waals surface area (Å²) >= 11 is 0. The van der Waals surface area contributed by atoms with E-state index in [2.05, 4.69) is 10.5 Å². The van der Waals surface area contributed by atoms with Gasteiger partial charge in [0.1, 0.15) is 6.04 Å². The molecule has 1 saturated heterocycles. The maximum absolute atomic E-state index is 15.0. The smallest absolute Gasteiger partial charge is 0.279 e. The van der Waals surface area contributed by atoms with Gasteiger partial charge in [0.2, 0.25) is 23.2 Å². The molecule has 3 rings (SSSR count). The SMILES string of the molecule is CC(C)C[C@H]1CN(C(=O)c2noc(-c3ccc(F)c(F)c3)c2F)[C@@H](CC(C)C)C(=O)N1. The van der Waals surface area contributed by atoms with Crippen molar-refractivity contribution in [3.8, 4) is 11.3 Å². The Hall–Kier alpha value is -2.84. The van der Waals surface area contributed by atoms with E-state index in [1.54, 1.807) is 0 Å². The Bertz CT molecular complexity index is 974. The van der Waals surface area contributed by atoms with E-state index >= 15 is 4.39 Å². The molecule has 6 nitrogen and oxygen atoms in total. The van der Waals surface area contributed by atoms with E-state index in [0.717, 1.165) is 18.2 Å². The molecule has 0 unspecified atom stereocenters. The van der Waals surface area contributed by atoms with Crippen molar-refractivity contribution in [1.82, 2.24) is 15.4 Å². The molecule has 0 spiro atoms. The molecule has 0 aliphatic carbocycles. The number of benzene rings is 1. The van der Waals surface area contributed by atoms with E-state index in [0.29, 0.717) is 12.8 Å². The van der Waals surface area contributed by atoms with Gasteiger partial charge in [-0.15, -0.1) is 0 Å². The highest BCUT2D eigenvalue weighted by Crippen LogP contribution is 2.28. The van der Waals surface area contributed by atoms with Gasteiger partial charge in [-0.3, -0.25) is 9.59 Å². The van der Waals surface area contributed by atoms with Gasteiger partial charge in [-0.05, 0) is 42.9 Å². The fraction of sp³-hybridized carbons (Fsp3) is 0.500. The van der Waals surface area contributed by atoms with Crippen molar-refractivity contribution < 1.29 is 27.3 Å². The molecule has 1 aliphatic heterocycles. The Labute approximate surface area is 178 Å². The van der Waals surface area contributed by atoms with Gasteiger partial charge in [-0.2, -0.15) is 4.39 Å². The van der Waals surface area contributed by atoms with Gasteiger partial charge in [-0.25, -0.2) is 8.78 Å². The molecule has 1 fully saturated rings. The van der Waals surface area contributed by atoms with E-state index in [1.165, 1.54) is 4.90 Å². The van der Waals surface area contributed by atoms with Gasteiger partial charge in [0.25, 0.3) is 5.91 Å². The first-order valence-electron chi connectivity index (χ1n) is 10.3. The molecule has 1 N–H and O–H groups in total. The topological polar surface area (TPSA) is 75.4 Å². The van der Waals surface area contributed by atoms with E-state index in [9.17, 15) is 18.4 Å². The number of aromatic nitrogens is 1. The van der Waals surface area contributed by atoms with Crippen LogP contribution in [0.5, 0.6) is 0 Å². The summed E-state index contributed by atoms with van der Waals surface area (Å²) in [5.74, 6) is -4.48. The number of nitrogens with one attached hydrogen (secondary N) is 1. The second-order valence-corrected chi connectivity index (χ2v) is 8.74. The zero-order valence-corrected chi connectivity index (χ0v) is 17.9. The van der Waals surface area contributed by atoms with Crippen molar-refractivity contribution in [2.45, 2.75) is 52.6 Å². The Balaban J connectivity index is 1.93. The van der Waals surface area contributed by atoms with E-state index in [4.69, 9.17) is 4.52 Å². The summed E-state index contributed by atoms with van der Waals surface area (Å²) in [6.07, 6.45) is 1.06. The minimum absolute atomic E-state index is 0.0873. The number of carbonyl (C=O) groups excluding carboxylic acids is 2. The normalized spacial score (nSPS) is 19.3. The Morgan fingerprint density at radius 1 is 1.16 bits per heavy atom. The third-order valence-corrected chi connectivity index (χ3v) is 5.17. The van der Waals surface area contributed by atoms with Crippen LogP contribution in [0, 0.1) is 29.3 Å². The van der Waals surface area contributed by atoms with E-state index in [1.807, 2.05) is 27.7 Å². The summed E-state index contributed by atoms with van der Waals surface area (Å²) in [6.45, 7) is 8.07. The van der Waals surface area contributed by atoms with Crippen molar-refractivity contribution in [2.75, 3.05) is 6.54 Å². The van der Waals surface area contributed by atoms with Crippen LogP contribution in [0.25, 0.3) is 11.3 Å². The summed E-state index contributed by atoms with van der Waals surface area (Å²) in [6, 6.07) is 1.70. The number of carbonyl (C=O) groups is 2. The highest BCUT2D eigenvalue weighted by atomic mass is 19.2. The van der Waals surface area contributed by atoms with Gasteiger partial charge in [-0.1, -0.05) is 32.9 Å². The first-order chi connectivity index (χ1) is 14.6. The lowest BCUT2D eigenvalue weighted by molar-refractivity contribution is -0.130. The van der Waals surface area contributed by atoms with Crippen molar-refractivity contribution >= 4 is 11.8 Å². The van der Waals surface area contributed by atoms with Crippen LogP contribution in [-0.2, 0) is 4.79 Å². The van der Waals surface area contributed by atoms with Crippen molar-refractivity contribution in [2.24, 2.45) is 11.8 Å². The number of nitrogens with zero attached hydrogens (tertiary/aromatic N) is 2. The molecule has 0 radical (unpaired) electrons. The summed E-state index contributed by atoms with van der Waals surface area (Å²) in [5, 5.41) is 6.50. The summed E-state index contributed by atoms with van der Waals surface area (Å²) in [5.41, 5.74) is -0.678. The molecule has 31 heavy (non-hydrogen) atoms. The van der Waals surface area contributed by atoms with E-state index in [-0.39, 0.29) is 35.9 Å². The number of amides is 2. The maximum Gasteiger partial charge on any atom is 0.279 e. The lowest BCUT2D eigenvalue weighted by Gasteiger charge is -2.40. The average molecular weight is 437 g/mol. The molecule has 1 aromatic carbocycles. The summed E-state index contributed by atoms with van der Waals surface area (Å²) in [4.78, 5) is 27.3. The fourth-order valence-corrected chi connectivity index (χ4v) is 3.82. The average Bonchev–Trinajstić information content (AvgIpc) is 3.06. The lowest BCUT2D eigenvalue weighted by Crippen LogP contribution is -2.62. The van der Waals surface area contributed by atoms with Gasteiger partial charge in [0.15, 0.2) is 11.6 Å². The van der Waals surface area contributed by atoms with Crippen molar-refractivity contribution in [1.29, 1.82) is 0 Å². The van der Waals surface area contributed by atoms with Gasteiger partial charge in [0, 0.05) is 18.2 Å². The molecule has 0 bridgehead atoms. The number of rotatable bonds is 6. The number of hydrogen-bond acceptors (Lipinski definition) is 4. The van der Waals surface area contributed by atoms with Crippen LogP contribution in [0.15, 0.2) is 22.7 Å². The minimum Gasteiger partial charge on any atom is -0.352 e. The van der Waals surface area contributed by atoms with Gasteiger partial charge in [0.05, 0.1) is 0 Å². The van der Waals surface area contributed by atoms with Crippen molar-refractivity contribution in [3.05, 3.63) is 41.3 Å². The second kappa shape index (κ2) is 9.11. The van der Waals surface area contributed by atoms with Crippen molar-refractivity contribution in [3.63, 3.8) is 0 Å². The summed E-state index contributed by atoms with van der Waals surface area (Å²) in [7, 11) is 0. The number of piperazine rings is 1. The van der Waals surface area contributed by atoms with Crippen LogP contribution in [0.2, 0.25) is 0 Å². The maximum atomic E-state index is 15.0. The van der Waals surface area contributed by atoms with Gasteiger partial charge < -0.3 is 14.7 Å². The molecule has 1 aliphatic rings. The monoisotopic (exact) mass is 437 g/mol. The predicted octanol–water partition coefficient (Wildman–Crippen LogP) is 4.16. The fourth-order valence-electron chi connectivity index (χ4n) is 3.82. The highest BCUT2D eigenvalue weighted by Gasteiger charge is 2.40. The van der Waals surface area contributed by atoms with Crippen LogP contribution in [-0.4, -0.2) is 40.5 Å². The van der Waals surface area contributed by atoms with Crippen LogP contribution in [0.1, 0.15) is 51.0 Å². The standard InChI is InChI=1S/C22H26F3N3O3/c1-11(2)7-14-10-28(17(8-12(3)4)21(29)26-14)22(30)19-18(25)20(31-27-19)13-5-6-15(23)16(24)9-13/h5-6,9,11-12,14,17H,7-8,10H2,1-4H3,(H,26,29)/t14-,17-/m0/s1.